The van der Waals surface area contributed by atoms with Crippen molar-refractivity contribution >= 4 is 14.5 Å². The molecule has 3 nitrogen and oxygen atoms in total. The largest absolute Gasteiger partial charge is 0.507 e. The van der Waals surface area contributed by atoms with Crippen LogP contribution >= 0.6 is 9.24 Å². The normalized spacial score (nSPS) is 32.1. The maximum Gasteiger partial charge on any atom is 0.168 e. The van der Waals surface area contributed by atoms with Crippen molar-refractivity contribution in [3.05, 3.63) is 24.3 Å². The molecule has 0 heterocycles. The summed E-state index contributed by atoms with van der Waals surface area (Å²) in [6.07, 6.45) is 21.6. The number of aromatic hydroxyl groups is 2. The lowest BCUT2D eigenvalue weighted by Crippen LogP contribution is -2.25. The Hall–Kier alpha value is -1.21. The molecule has 34 heavy (non-hydrogen) atoms. The van der Waals surface area contributed by atoms with Crippen LogP contribution < -0.4 is 10.0 Å². The number of benzene rings is 1. The number of ether oxygens (including phenoxy) is 1. The highest BCUT2D eigenvalue weighted by Crippen LogP contribution is 2.42. The number of allylic oxidation sites excluding steroid dienone is 2. The summed E-state index contributed by atoms with van der Waals surface area (Å²) in [6.45, 7) is 7.07. The fraction of sp³-hybridized carbons (Fsp3) is 0.733. The molecule has 3 saturated carbocycles. The summed E-state index contributed by atoms with van der Waals surface area (Å²) in [5.41, 5.74) is 0. The molecule has 1 unspecified atom stereocenters. The molecule has 2 N–H and O–H groups in total. The standard InChI is InChI=1S/C28H43O3P.C2H6/c1-19-2-12-23(13-3-19)24-14-10-21(11-15-24)5-4-20-6-8-22(9-7-20)18-31-26-17-16-25(29)28(32)27(26)30;1-2/h4-5,16-17,19-24,29-30H,2-3,6-15,18,32H2,1H3;1-2H3/b5-4+;. The average molecular weight is 489 g/mol. The van der Waals surface area contributed by atoms with Crippen LogP contribution in [0.4, 0.5) is 0 Å². The highest BCUT2D eigenvalue weighted by molar-refractivity contribution is 7.28. The Bertz CT molecular complexity index is 753. The zero-order valence-electron chi connectivity index (χ0n) is 21.8. The predicted molar refractivity (Wildman–Crippen MR) is 147 cm³/mol. The minimum atomic E-state index is 0.0272. The van der Waals surface area contributed by atoms with Gasteiger partial charge >= 0.3 is 0 Å². The molecule has 3 aliphatic rings. The van der Waals surface area contributed by atoms with E-state index in [4.69, 9.17) is 4.74 Å². The van der Waals surface area contributed by atoms with E-state index in [1.54, 1.807) is 12.1 Å². The first-order valence-corrected chi connectivity index (χ1v) is 14.7. The topological polar surface area (TPSA) is 49.7 Å². The highest BCUT2D eigenvalue weighted by atomic mass is 31.0. The van der Waals surface area contributed by atoms with Gasteiger partial charge in [0.25, 0.3) is 0 Å². The van der Waals surface area contributed by atoms with Crippen molar-refractivity contribution in [2.45, 2.75) is 97.8 Å². The Kier molecular flexibility index (Phi) is 11.1. The molecular formula is C30H49O3P. The first-order valence-electron chi connectivity index (χ1n) is 14.1. The van der Waals surface area contributed by atoms with Gasteiger partial charge in [0.05, 0.1) is 11.9 Å². The molecule has 0 radical (unpaired) electrons. The van der Waals surface area contributed by atoms with Crippen molar-refractivity contribution in [1.82, 2.24) is 0 Å². The van der Waals surface area contributed by atoms with Crippen LogP contribution in [0.25, 0.3) is 0 Å². The number of hydrogen-bond donors (Lipinski definition) is 2. The van der Waals surface area contributed by atoms with Gasteiger partial charge in [-0.05, 0) is 112 Å². The third-order valence-electron chi connectivity index (χ3n) is 8.72. The van der Waals surface area contributed by atoms with Crippen LogP contribution in [0, 0.1) is 35.5 Å². The Morgan fingerprint density at radius 3 is 1.85 bits per heavy atom. The molecule has 1 aromatic carbocycles. The molecule has 1 aromatic rings. The molecule has 0 aliphatic heterocycles. The third kappa shape index (κ3) is 7.64. The third-order valence-corrected chi connectivity index (χ3v) is 9.29. The monoisotopic (exact) mass is 488 g/mol. The van der Waals surface area contributed by atoms with Crippen LogP contribution in [0.3, 0.4) is 0 Å². The van der Waals surface area contributed by atoms with Crippen LogP contribution in [0.1, 0.15) is 97.8 Å². The van der Waals surface area contributed by atoms with Gasteiger partial charge in [0.1, 0.15) is 5.75 Å². The van der Waals surface area contributed by atoms with E-state index in [1.807, 2.05) is 13.8 Å². The SMILES string of the molecule is CC.CC1CCC(C2CCC(/C=C/C3CCC(COc4ccc(O)c(P)c4O)CC3)CC2)CC1. The van der Waals surface area contributed by atoms with Gasteiger partial charge in [-0.3, -0.25) is 0 Å². The zero-order valence-corrected chi connectivity index (χ0v) is 23.0. The number of phenolic OH excluding ortho intramolecular Hbond substituents is 2. The molecule has 0 amide bonds. The maximum absolute atomic E-state index is 10.1. The molecule has 3 aliphatic carbocycles. The van der Waals surface area contributed by atoms with E-state index in [9.17, 15) is 10.2 Å². The van der Waals surface area contributed by atoms with Crippen molar-refractivity contribution in [3.63, 3.8) is 0 Å². The molecule has 4 rings (SSSR count). The molecule has 1 atom stereocenters. The highest BCUT2D eigenvalue weighted by Gasteiger charge is 2.29. The first-order chi connectivity index (χ1) is 16.5. The smallest absolute Gasteiger partial charge is 0.168 e. The summed E-state index contributed by atoms with van der Waals surface area (Å²) in [7, 11) is 2.37. The second-order valence-corrected chi connectivity index (χ2v) is 11.6. The van der Waals surface area contributed by atoms with Gasteiger partial charge in [-0.25, -0.2) is 0 Å². The molecule has 0 spiro atoms. The minimum Gasteiger partial charge on any atom is -0.507 e. The van der Waals surface area contributed by atoms with E-state index in [1.165, 1.54) is 77.0 Å². The minimum absolute atomic E-state index is 0.0272. The molecule has 0 saturated heterocycles. The second kappa shape index (κ2) is 13.8. The van der Waals surface area contributed by atoms with Gasteiger partial charge in [-0.2, -0.15) is 0 Å². The van der Waals surface area contributed by atoms with E-state index in [-0.39, 0.29) is 11.5 Å². The fourth-order valence-corrected chi connectivity index (χ4v) is 6.57. The van der Waals surface area contributed by atoms with E-state index in [0.29, 0.717) is 23.6 Å². The predicted octanol–water partition coefficient (Wildman–Crippen LogP) is 8.00. The van der Waals surface area contributed by atoms with Crippen molar-refractivity contribution in [1.29, 1.82) is 0 Å². The van der Waals surface area contributed by atoms with Gasteiger partial charge < -0.3 is 14.9 Å². The van der Waals surface area contributed by atoms with E-state index in [0.717, 1.165) is 29.6 Å². The summed E-state index contributed by atoms with van der Waals surface area (Å²) < 4.78 is 5.88. The number of hydrogen-bond acceptors (Lipinski definition) is 3. The van der Waals surface area contributed by atoms with Crippen LogP contribution in [-0.2, 0) is 0 Å². The van der Waals surface area contributed by atoms with Gasteiger partial charge in [-0.15, -0.1) is 0 Å². The fourth-order valence-electron chi connectivity index (χ4n) is 6.33. The maximum atomic E-state index is 10.1. The Morgan fingerprint density at radius 1 is 0.794 bits per heavy atom. The molecule has 4 heteroatoms. The summed E-state index contributed by atoms with van der Waals surface area (Å²) >= 11 is 0. The van der Waals surface area contributed by atoms with Gasteiger partial charge in [-0.1, -0.05) is 55.0 Å². The summed E-state index contributed by atoms with van der Waals surface area (Å²) in [5.74, 6) is 5.66. The van der Waals surface area contributed by atoms with Crippen molar-refractivity contribution in [2.24, 2.45) is 35.5 Å². The lowest BCUT2D eigenvalue weighted by molar-refractivity contribution is 0.160. The Morgan fingerprint density at radius 2 is 1.29 bits per heavy atom. The lowest BCUT2D eigenvalue weighted by atomic mass is 9.69. The quantitative estimate of drug-likeness (QED) is 0.315. The second-order valence-electron chi connectivity index (χ2n) is 11.0. The zero-order chi connectivity index (χ0) is 24.5. The van der Waals surface area contributed by atoms with Crippen LogP contribution in [-0.4, -0.2) is 16.8 Å². The van der Waals surface area contributed by atoms with Gasteiger partial charge in [0.2, 0.25) is 0 Å². The molecule has 192 valence electrons. The van der Waals surface area contributed by atoms with Crippen molar-refractivity contribution in [2.75, 3.05) is 6.61 Å². The molecule has 3 fully saturated rings. The van der Waals surface area contributed by atoms with E-state index in [2.05, 4.69) is 28.3 Å². The first kappa shape index (κ1) is 27.4. The van der Waals surface area contributed by atoms with E-state index >= 15 is 0 Å². The lowest BCUT2D eigenvalue weighted by Gasteiger charge is -2.36. The van der Waals surface area contributed by atoms with Gasteiger partial charge in [0.15, 0.2) is 11.5 Å². The van der Waals surface area contributed by atoms with Crippen LogP contribution in [0.15, 0.2) is 24.3 Å². The molecule has 0 aromatic heterocycles. The number of rotatable bonds is 6. The summed E-state index contributed by atoms with van der Waals surface area (Å²) in [6, 6.07) is 3.22. The summed E-state index contributed by atoms with van der Waals surface area (Å²) in [5, 5.41) is 20.2. The Balaban J connectivity index is 0.00000158. The molecule has 0 bridgehead atoms. The molecular weight excluding hydrogens is 439 g/mol. The van der Waals surface area contributed by atoms with Gasteiger partial charge in [0, 0.05) is 0 Å². The van der Waals surface area contributed by atoms with Crippen molar-refractivity contribution in [3.8, 4) is 17.2 Å². The number of phenols is 2. The van der Waals surface area contributed by atoms with E-state index < -0.39 is 0 Å². The van der Waals surface area contributed by atoms with Crippen LogP contribution in [0.2, 0.25) is 0 Å². The Labute approximate surface area is 211 Å². The van der Waals surface area contributed by atoms with Crippen LogP contribution in [0.5, 0.6) is 17.2 Å². The van der Waals surface area contributed by atoms with Crippen molar-refractivity contribution < 1.29 is 14.9 Å². The summed E-state index contributed by atoms with van der Waals surface area (Å²) in [4.78, 5) is 0. The average Bonchev–Trinajstić information content (AvgIpc) is 2.88.